The van der Waals surface area contributed by atoms with Crippen molar-refractivity contribution in [1.29, 1.82) is 0 Å². The summed E-state index contributed by atoms with van der Waals surface area (Å²) in [5.74, 6) is 0. The van der Waals surface area contributed by atoms with Crippen LogP contribution in [0.4, 0.5) is 0 Å². The van der Waals surface area contributed by atoms with E-state index in [4.69, 9.17) is 12.2 Å². The van der Waals surface area contributed by atoms with E-state index in [1.54, 1.807) is 6.20 Å². The van der Waals surface area contributed by atoms with Gasteiger partial charge in [0.05, 0.1) is 17.4 Å². The molecule has 2 aromatic heterocycles. The Hall–Kier alpha value is -1.36. The molecule has 92 valence electrons. The number of nitrogens with zero attached hydrogens (tertiary/aromatic N) is 3. The van der Waals surface area contributed by atoms with Crippen molar-refractivity contribution in [1.82, 2.24) is 19.6 Å². The molecule has 0 spiro atoms. The molecule has 0 aliphatic rings. The van der Waals surface area contributed by atoms with Gasteiger partial charge in [-0.15, -0.1) is 0 Å². The largest absolute Gasteiger partial charge is 0.295 e. The van der Waals surface area contributed by atoms with Gasteiger partial charge in [0.2, 0.25) is 0 Å². The molecule has 2 heterocycles. The van der Waals surface area contributed by atoms with Crippen molar-refractivity contribution < 1.29 is 0 Å². The Morgan fingerprint density at radius 3 is 2.65 bits per heavy atom. The monoisotopic (exact) mass is 250 g/mol. The van der Waals surface area contributed by atoms with E-state index in [1.807, 2.05) is 23.9 Å². The highest BCUT2D eigenvalue weighted by atomic mass is 32.1. The van der Waals surface area contributed by atoms with Crippen LogP contribution in [-0.2, 0) is 7.05 Å². The Morgan fingerprint density at radius 1 is 1.41 bits per heavy atom. The van der Waals surface area contributed by atoms with Crippen molar-refractivity contribution in [3.05, 3.63) is 23.0 Å². The SMILES string of the molecule is CCC(CC)n1[nH]c(-c2ccnn2C)cc1=S. The smallest absolute Gasteiger partial charge is 0.122 e. The van der Waals surface area contributed by atoms with Crippen LogP contribution in [-0.4, -0.2) is 19.6 Å². The van der Waals surface area contributed by atoms with E-state index in [-0.39, 0.29) is 0 Å². The molecule has 0 saturated carbocycles. The van der Waals surface area contributed by atoms with Gasteiger partial charge in [-0.3, -0.25) is 14.5 Å². The highest BCUT2D eigenvalue weighted by Gasteiger charge is 2.11. The fraction of sp³-hybridized carbons (Fsp3) is 0.500. The van der Waals surface area contributed by atoms with E-state index >= 15 is 0 Å². The fourth-order valence-electron chi connectivity index (χ4n) is 2.10. The summed E-state index contributed by atoms with van der Waals surface area (Å²) in [6.45, 7) is 4.36. The maximum absolute atomic E-state index is 5.40. The molecule has 0 amide bonds. The van der Waals surface area contributed by atoms with Crippen LogP contribution < -0.4 is 0 Å². The van der Waals surface area contributed by atoms with E-state index in [0.29, 0.717) is 6.04 Å². The van der Waals surface area contributed by atoms with Gasteiger partial charge in [0.1, 0.15) is 4.64 Å². The molecule has 0 aliphatic heterocycles. The van der Waals surface area contributed by atoms with Crippen LogP contribution >= 0.6 is 12.2 Å². The van der Waals surface area contributed by atoms with Crippen molar-refractivity contribution in [3.8, 4) is 11.4 Å². The normalized spacial score (nSPS) is 11.3. The number of hydrogen-bond acceptors (Lipinski definition) is 2. The van der Waals surface area contributed by atoms with Gasteiger partial charge in [-0.2, -0.15) is 5.10 Å². The summed E-state index contributed by atoms with van der Waals surface area (Å²) in [5, 5.41) is 7.55. The maximum atomic E-state index is 5.40. The molecule has 17 heavy (non-hydrogen) atoms. The number of aromatic nitrogens is 4. The number of H-pyrrole nitrogens is 1. The number of aromatic amines is 1. The average molecular weight is 250 g/mol. The third-order valence-corrected chi connectivity index (χ3v) is 3.47. The highest BCUT2D eigenvalue weighted by molar-refractivity contribution is 7.71. The zero-order valence-corrected chi connectivity index (χ0v) is 11.3. The van der Waals surface area contributed by atoms with Gasteiger partial charge >= 0.3 is 0 Å². The molecule has 1 N–H and O–H groups in total. The molecule has 0 saturated heterocycles. The lowest BCUT2D eigenvalue weighted by Crippen LogP contribution is -2.08. The first-order valence-electron chi connectivity index (χ1n) is 5.97. The van der Waals surface area contributed by atoms with E-state index < -0.39 is 0 Å². The Labute approximate surface area is 106 Å². The Balaban J connectivity index is 2.44. The number of rotatable bonds is 4. The Morgan fingerprint density at radius 2 is 2.12 bits per heavy atom. The van der Waals surface area contributed by atoms with Crippen LogP contribution in [0.1, 0.15) is 32.7 Å². The maximum Gasteiger partial charge on any atom is 0.122 e. The lowest BCUT2D eigenvalue weighted by Gasteiger charge is -2.14. The van der Waals surface area contributed by atoms with E-state index in [1.165, 1.54) is 0 Å². The fourth-order valence-corrected chi connectivity index (χ4v) is 2.42. The second kappa shape index (κ2) is 4.87. The first-order valence-corrected chi connectivity index (χ1v) is 6.38. The summed E-state index contributed by atoms with van der Waals surface area (Å²) in [5.41, 5.74) is 2.09. The summed E-state index contributed by atoms with van der Waals surface area (Å²) < 4.78 is 4.78. The van der Waals surface area contributed by atoms with Crippen molar-refractivity contribution in [2.24, 2.45) is 7.05 Å². The standard InChI is InChI=1S/C12H18N4S/c1-4-9(5-2)16-12(17)8-10(14-16)11-6-7-13-15(11)3/h6-9,14H,4-5H2,1-3H3. The summed E-state index contributed by atoms with van der Waals surface area (Å²) in [6.07, 6.45) is 3.95. The minimum absolute atomic E-state index is 0.449. The second-order valence-corrected chi connectivity index (χ2v) is 4.61. The number of aryl methyl sites for hydroxylation is 1. The molecule has 0 aromatic carbocycles. The van der Waals surface area contributed by atoms with Gasteiger partial charge < -0.3 is 0 Å². The molecule has 2 rings (SSSR count). The van der Waals surface area contributed by atoms with Gasteiger partial charge in [-0.05, 0) is 18.9 Å². The molecular weight excluding hydrogens is 232 g/mol. The van der Waals surface area contributed by atoms with Gasteiger partial charge in [-0.25, -0.2) is 0 Å². The third-order valence-electron chi connectivity index (χ3n) is 3.15. The van der Waals surface area contributed by atoms with Crippen LogP contribution in [0.3, 0.4) is 0 Å². The van der Waals surface area contributed by atoms with Crippen molar-refractivity contribution in [2.75, 3.05) is 0 Å². The number of nitrogens with one attached hydrogen (secondary N) is 1. The topological polar surface area (TPSA) is 38.5 Å². The Kier molecular flexibility index (Phi) is 3.47. The zero-order chi connectivity index (χ0) is 12.4. The van der Waals surface area contributed by atoms with Crippen LogP contribution in [0.15, 0.2) is 18.3 Å². The molecule has 0 radical (unpaired) electrons. The second-order valence-electron chi connectivity index (χ2n) is 4.19. The third kappa shape index (κ3) is 2.20. The predicted octanol–water partition coefficient (Wildman–Crippen LogP) is 3.31. The lowest BCUT2D eigenvalue weighted by atomic mass is 10.2. The first-order chi connectivity index (χ1) is 8.17. The van der Waals surface area contributed by atoms with Crippen LogP contribution in [0.2, 0.25) is 0 Å². The Bertz CT molecular complexity index is 545. The van der Waals surface area contributed by atoms with E-state index in [0.717, 1.165) is 28.9 Å². The zero-order valence-electron chi connectivity index (χ0n) is 10.5. The highest BCUT2D eigenvalue weighted by Crippen LogP contribution is 2.21. The molecule has 0 fully saturated rings. The molecule has 4 nitrogen and oxygen atoms in total. The van der Waals surface area contributed by atoms with Gasteiger partial charge in [0.15, 0.2) is 0 Å². The van der Waals surface area contributed by atoms with Gasteiger partial charge in [0.25, 0.3) is 0 Å². The summed E-state index contributed by atoms with van der Waals surface area (Å²) in [7, 11) is 1.93. The van der Waals surface area contributed by atoms with Gasteiger partial charge in [0, 0.05) is 19.3 Å². The summed E-state index contributed by atoms with van der Waals surface area (Å²) >= 11 is 5.40. The molecule has 2 aromatic rings. The van der Waals surface area contributed by atoms with Crippen LogP contribution in [0.5, 0.6) is 0 Å². The molecule has 0 aliphatic carbocycles. The molecule has 0 bridgehead atoms. The van der Waals surface area contributed by atoms with Crippen LogP contribution in [0, 0.1) is 4.64 Å². The lowest BCUT2D eigenvalue weighted by molar-refractivity contribution is 0.425. The first kappa shape index (κ1) is 12.1. The number of hydrogen-bond donors (Lipinski definition) is 1. The average Bonchev–Trinajstić information content (AvgIpc) is 2.88. The van der Waals surface area contributed by atoms with Crippen molar-refractivity contribution in [2.45, 2.75) is 32.7 Å². The van der Waals surface area contributed by atoms with Crippen molar-refractivity contribution in [3.63, 3.8) is 0 Å². The molecule has 0 unspecified atom stereocenters. The van der Waals surface area contributed by atoms with E-state index in [2.05, 4.69) is 28.7 Å². The van der Waals surface area contributed by atoms with Crippen molar-refractivity contribution >= 4 is 12.2 Å². The summed E-state index contributed by atoms with van der Waals surface area (Å²) in [6, 6.07) is 4.44. The van der Waals surface area contributed by atoms with E-state index in [9.17, 15) is 0 Å². The molecule has 0 atom stereocenters. The molecular formula is C12H18N4S. The summed E-state index contributed by atoms with van der Waals surface area (Å²) in [4.78, 5) is 0. The van der Waals surface area contributed by atoms with Crippen LogP contribution in [0.25, 0.3) is 11.4 Å². The minimum atomic E-state index is 0.449. The van der Waals surface area contributed by atoms with Gasteiger partial charge in [-0.1, -0.05) is 26.1 Å². The minimum Gasteiger partial charge on any atom is -0.295 e. The quantitative estimate of drug-likeness (QED) is 0.845. The molecule has 5 heteroatoms. The predicted molar refractivity (Wildman–Crippen MR) is 71.4 cm³/mol.